The Labute approximate surface area is 244 Å². The summed E-state index contributed by atoms with van der Waals surface area (Å²) in [7, 11) is 0. The molecule has 0 saturated carbocycles. The number of fused-ring (bicyclic) bond motifs is 1. The summed E-state index contributed by atoms with van der Waals surface area (Å²) in [6, 6.07) is 14.1. The molecule has 5 heterocycles. The molecule has 0 radical (unpaired) electrons. The van der Waals surface area contributed by atoms with Crippen molar-refractivity contribution in [2.45, 2.75) is 39.1 Å². The Bertz CT molecular complexity index is 1880. The zero-order chi connectivity index (χ0) is 29.4. The van der Waals surface area contributed by atoms with Crippen molar-refractivity contribution in [1.82, 2.24) is 24.1 Å². The van der Waals surface area contributed by atoms with Gasteiger partial charge in [0.25, 0.3) is 5.56 Å². The number of hydrogen-bond donors (Lipinski definition) is 1. The molecule has 0 amide bonds. The number of rotatable bonds is 9. The highest BCUT2D eigenvalue weighted by molar-refractivity contribution is 6.30. The van der Waals surface area contributed by atoms with Gasteiger partial charge in [0.1, 0.15) is 23.8 Å². The Morgan fingerprint density at radius 3 is 2.74 bits per heavy atom. The number of carboxylic acid groups (broad SMARTS) is 1. The van der Waals surface area contributed by atoms with Crippen molar-refractivity contribution in [1.29, 1.82) is 0 Å². The SMILES string of the molecule is Cc1cn(Cc2nc3ccc(C(=O)O)nc3n2C[C@@H]2CCO2)c(=O)cc1-c1cccc(OCc2ccc(Cl)cc2F)n1. The van der Waals surface area contributed by atoms with Gasteiger partial charge < -0.3 is 23.7 Å². The number of aryl methyl sites for hydroxylation is 1. The van der Waals surface area contributed by atoms with Gasteiger partial charge in [-0.05, 0) is 49.2 Å². The van der Waals surface area contributed by atoms with E-state index in [9.17, 15) is 19.1 Å². The van der Waals surface area contributed by atoms with Crippen LogP contribution in [0.2, 0.25) is 5.02 Å². The number of aromatic carboxylic acids is 1. The van der Waals surface area contributed by atoms with Crippen LogP contribution in [0.3, 0.4) is 0 Å². The number of imidazole rings is 1. The Hall–Kier alpha value is -4.61. The second kappa shape index (κ2) is 11.3. The molecule has 0 unspecified atom stereocenters. The summed E-state index contributed by atoms with van der Waals surface area (Å²) in [5.41, 5.74) is 2.91. The predicted molar refractivity (Wildman–Crippen MR) is 152 cm³/mol. The molecule has 12 heteroatoms. The predicted octanol–water partition coefficient (Wildman–Crippen LogP) is 4.87. The summed E-state index contributed by atoms with van der Waals surface area (Å²) < 4.78 is 28.8. The second-order valence-electron chi connectivity index (χ2n) is 9.99. The number of pyridine rings is 3. The van der Waals surface area contributed by atoms with Crippen molar-refractivity contribution >= 4 is 28.7 Å². The molecule has 1 N–H and O–H groups in total. The Balaban J connectivity index is 1.27. The lowest BCUT2D eigenvalue weighted by atomic mass is 10.1. The summed E-state index contributed by atoms with van der Waals surface area (Å²) in [6.45, 7) is 3.10. The van der Waals surface area contributed by atoms with Crippen LogP contribution < -0.4 is 10.3 Å². The molecule has 4 aromatic heterocycles. The first-order valence-corrected chi connectivity index (χ1v) is 13.6. The van der Waals surface area contributed by atoms with Gasteiger partial charge in [0.15, 0.2) is 11.3 Å². The molecule has 1 aromatic carbocycles. The molecule has 1 saturated heterocycles. The maximum absolute atomic E-state index is 14.1. The van der Waals surface area contributed by atoms with Gasteiger partial charge in [0.05, 0.1) is 24.9 Å². The normalized spacial score (nSPS) is 14.6. The molecule has 1 fully saturated rings. The smallest absolute Gasteiger partial charge is 0.354 e. The molecule has 10 nitrogen and oxygen atoms in total. The van der Waals surface area contributed by atoms with Crippen molar-refractivity contribution in [2.24, 2.45) is 0 Å². The summed E-state index contributed by atoms with van der Waals surface area (Å²) in [6.07, 6.45) is 2.57. The lowest BCUT2D eigenvalue weighted by molar-refractivity contribution is -0.0591. The van der Waals surface area contributed by atoms with Gasteiger partial charge >= 0.3 is 5.97 Å². The van der Waals surface area contributed by atoms with Gasteiger partial charge in [-0.25, -0.2) is 24.1 Å². The Morgan fingerprint density at radius 1 is 1.17 bits per heavy atom. The molecule has 1 atom stereocenters. The third-order valence-corrected chi connectivity index (χ3v) is 7.33. The highest BCUT2D eigenvalue weighted by atomic mass is 35.5. The highest BCUT2D eigenvalue weighted by Crippen LogP contribution is 2.25. The Kier molecular flexibility index (Phi) is 7.44. The summed E-state index contributed by atoms with van der Waals surface area (Å²) in [4.78, 5) is 38.3. The highest BCUT2D eigenvalue weighted by Gasteiger charge is 2.23. The molecular formula is C30H25ClFN5O5. The minimum Gasteiger partial charge on any atom is -0.477 e. The Morgan fingerprint density at radius 2 is 2.00 bits per heavy atom. The van der Waals surface area contributed by atoms with E-state index in [0.717, 1.165) is 12.0 Å². The number of nitrogens with zero attached hydrogens (tertiary/aromatic N) is 5. The number of halogens is 2. The standard InChI is InChI=1S/C30H25ClFN5O5/c1-17-13-36(15-26-33-24-7-8-25(30(39)40)35-29(24)37(26)14-20-9-10-41-20)28(38)12-21(17)23-3-2-4-27(34-23)42-16-18-5-6-19(31)11-22(18)32/h2-8,11-13,20H,9-10,14-16H2,1H3,(H,39,40)/t20-/m0/s1. The van der Waals surface area contributed by atoms with Gasteiger partial charge in [-0.15, -0.1) is 0 Å². The van der Waals surface area contributed by atoms with Gasteiger partial charge in [-0.3, -0.25) is 4.79 Å². The van der Waals surface area contributed by atoms with Crippen molar-refractivity contribution in [3.05, 3.63) is 105 Å². The van der Waals surface area contributed by atoms with Crippen molar-refractivity contribution in [3.8, 4) is 17.1 Å². The summed E-state index contributed by atoms with van der Waals surface area (Å²) >= 11 is 5.82. The number of carbonyl (C=O) groups is 1. The third kappa shape index (κ3) is 5.61. The van der Waals surface area contributed by atoms with E-state index in [1.54, 1.807) is 47.2 Å². The average Bonchev–Trinajstić information content (AvgIpc) is 3.28. The van der Waals surface area contributed by atoms with Crippen molar-refractivity contribution in [3.63, 3.8) is 0 Å². The third-order valence-electron chi connectivity index (χ3n) is 7.10. The molecule has 1 aliphatic heterocycles. The van der Waals surface area contributed by atoms with Gasteiger partial charge in [-0.2, -0.15) is 0 Å². The fourth-order valence-corrected chi connectivity index (χ4v) is 4.95. The molecule has 5 aromatic rings. The average molecular weight is 590 g/mol. The van der Waals surface area contributed by atoms with Gasteiger partial charge in [0, 0.05) is 41.1 Å². The number of carboxylic acids is 1. The molecule has 42 heavy (non-hydrogen) atoms. The van der Waals surface area contributed by atoms with E-state index in [4.69, 9.17) is 21.1 Å². The first kappa shape index (κ1) is 27.6. The van der Waals surface area contributed by atoms with Crippen LogP contribution in [0.1, 0.15) is 33.9 Å². The van der Waals surface area contributed by atoms with Crippen LogP contribution in [0.4, 0.5) is 4.39 Å². The molecule has 1 aliphatic rings. The van der Waals surface area contributed by atoms with Crippen LogP contribution >= 0.6 is 11.6 Å². The second-order valence-corrected chi connectivity index (χ2v) is 10.4. The minimum atomic E-state index is -1.13. The van der Waals surface area contributed by atoms with E-state index in [0.29, 0.717) is 52.0 Å². The summed E-state index contributed by atoms with van der Waals surface area (Å²) in [5.74, 6) is -0.753. The zero-order valence-corrected chi connectivity index (χ0v) is 23.2. The topological polar surface area (TPSA) is 121 Å². The minimum absolute atomic E-state index is 0.0320. The largest absolute Gasteiger partial charge is 0.477 e. The molecule has 0 bridgehead atoms. The maximum atomic E-state index is 14.1. The maximum Gasteiger partial charge on any atom is 0.354 e. The molecule has 214 valence electrons. The van der Waals surface area contributed by atoms with Crippen molar-refractivity contribution < 1.29 is 23.8 Å². The number of aromatic nitrogens is 5. The number of benzene rings is 1. The van der Waals surface area contributed by atoms with Crippen LogP contribution in [0, 0.1) is 12.7 Å². The van der Waals surface area contributed by atoms with E-state index >= 15 is 0 Å². The first-order chi connectivity index (χ1) is 20.2. The number of ether oxygens (including phenoxy) is 2. The molecule has 0 aliphatic carbocycles. The van der Waals surface area contributed by atoms with E-state index < -0.39 is 11.8 Å². The first-order valence-electron chi connectivity index (χ1n) is 13.2. The van der Waals surface area contributed by atoms with Crippen LogP contribution in [-0.2, 0) is 24.4 Å². The van der Waals surface area contributed by atoms with Gasteiger partial charge in [0.2, 0.25) is 5.88 Å². The number of hydrogen-bond acceptors (Lipinski definition) is 7. The van der Waals surface area contributed by atoms with Crippen molar-refractivity contribution in [2.75, 3.05) is 6.61 Å². The molecule has 0 spiro atoms. The monoisotopic (exact) mass is 589 g/mol. The van der Waals surface area contributed by atoms with Crippen LogP contribution in [-0.4, -0.2) is 47.9 Å². The molecule has 6 rings (SSSR count). The fraction of sp³-hybridized carbons (Fsp3) is 0.233. The van der Waals surface area contributed by atoms with E-state index in [1.807, 2.05) is 11.5 Å². The quantitative estimate of drug-likeness (QED) is 0.258. The van der Waals surface area contributed by atoms with Crippen LogP contribution in [0.15, 0.2) is 65.6 Å². The molecular weight excluding hydrogens is 565 g/mol. The van der Waals surface area contributed by atoms with E-state index in [-0.39, 0.29) is 36.4 Å². The van der Waals surface area contributed by atoms with Crippen LogP contribution in [0.25, 0.3) is 22.4 Å². The van der Waals surface area contributed by atoms with Crippen LogP contribution in [0.5, 0.6) is 5.88 Å². The van der Waals surface area contributed by atoms with E-state index in [2.05, 4.69) is 15.0 Å². The summed E-state index contributed by atoms with van der Waals surface area (Å²) in [5, 5.41) is 9.73. The van der Waals surface area contributed by atoms with E-state index in [1.165, 1.54) is 18.2 Å². The lowest BCUT2D eigenvalue weighted by Crippen LogP contribution is -2.32. The fourth-order valence-electron chi connectivity index (χ4n) is 4.79. The zero-order valence-electron chi connectivity index (χ0n) is 22.5. The van der Waals surface area contributed by atoms with Gasteiger partial charge in [-0.1, -0.05) is 23.7 Å². The lowest BCUT2D eigenvalue weighted by Gasteiger charge is -2.27.